The molecule has 100 valence electrons. The van der Waals surface area contributed by atoms with Gasteiger partial charge in [0.05, 0.1) is 5.02 Å². The normalized spacial score (nSPS) is 12.9. The van der Waals surface area contributed by atoms with Crippen LogP contribution in [0.2, 0.25) is 5.02 Å². The van der Waals surface area contributed by atoms with Gasteiger partial charge in [0, 0.05) is 12.3 Å². The second-order valence-corrected chi connectivity index (χ2v) is 5.23. The molecule has 2 heterocycles. The quantitative estimate of drug-likeness (QED) is 0.808. The Hall–Kier alpha value is -1.47. The summed E-state index contributed by atoms with van der Waals surface area (Å²) in [6.07, 6.45) is 0. The van der Waals surface area contributed by atoms with Gasteiger partial charge in [0.2, 0.25) is 11.9 Å². The van der Waals surface area contributed by atoms with Gasteiger partial charge in [-0.2, -0.15) is 0 Å². The van der Waals surface area contributed by atoms with Crippen molar-refractivity contribution in [2.45, 2.75) is 24.4 Å². The highest BCUT2D eigenvalue weighted by Gasteiger charge is 2.18. The van der Waals surface area contributed by atoms with Crippen LogP contribution in [0.15, 0.2) is 17.3 Å². The number of rotatable bonds is 4. The first-order valence-corrected chi connectivity index (χ1v) is 7.11. The van der Waals surface area contributed by atoms with Crippen LogP contribution in [0.3, 0.4) is 0 Å². The molecule has 0 unspecified atom stereocenters. The summed E-state index contributed by atoms with van der Waals surface area (Å²) >= 11 is 7.69. The zero-order valence-electron chi connectivity index (χ0n) is 10.2. The van der Waals surface area contributed by atoms with Crippen molar-refractivity contribution in [3.05, 3.63) is 22.7 Å². The van der Waals surface area contributed by atoms with Crippen molar-refractivity contribution in [3.63, 3.8) is 0 Å². The molecule has 0 saturated carbocycles. The summed E-state index contributed by atoms with van der Waals surface area (Å²) < 4.78 is 12.4. The highest BCUT2D eigenvalue weighted by atomic mass is 35.5. The van der Waals surface area contributed by atoms with Crippen LogP contribution in [-0.4, -0.2) is 27.0 Å². The van der Waals surface area contributed by atoms with E-state index >= 15 is 0 Å². The molecule has 1 aliphatic rings. The summed E-state index contributed by atoms with van der Waals surface area (Å²) in [5.74, 6) is 2.03. The van der Waals surface area contributed by atoms with E-state index in [0.717, 1.165) is 23.0 Å². The van der Waals surface area contributed by atoms with Crippen LogP contribution in [-0.2, 0) is 12.3 Å². The van der Waals surface area contributed by atoms with Gasteiger partial charge in [-0.05, 0) is 35.0 Å². The molecule has 1 aromatic heterocycles. The first kappa shape index (κ1) is 12.6. The molecule has 1 aliphatic heterocycles. The Labute approximate surface area is 119 Å². The first-order valence-electron chi connectivity index (χ1n) is 5.75. The van der Waals surface area contributed by atoms with Gasteiger partial charge in [-0.15, -0.1) is 5.10 Å². The van der Waals surface area contributed by atoms with Crippen LogP contribution in [0.5, 0.6) is 11.5 Å². The third-order valence-corrected chi connectivity index (χ3v) is 3.96. The number of tetrazole rings is 1. The number of aryl methyl sites for hydroxylation is 1. The zero-order chi connectivity index (χ0) is 13.2. The van der Waals surface area contributed by atoms with Crippen LogP contribution in [0, 0.1) is 0 Å². The van der Waals surface area contributed by atoms with Gasteiger partial charge in [-0.3, -0.25) is 0 Å². The smallest absolute Gasteiger partial charge is 0.231 e. The van der Waals surface area contributed by atoms with Gasteiger partial charge in [-0.25, -0.2) is 4.68 Å². The molecule has 3 rings (SSSR count). The van der Waals surface area contributed by atoms with Gasteiger partial charge in [0.1, 0.15) is 0 Å². The van der Waals surface area contributed by atoms with E-state index in [1.807, 2.05) is 19.1 Å². The fourth-order valence-electron chi connectivity index (χ4n) is 1.75. The number of nitrogens with zero attached hydrogens (tertiary/aromatic N) is 4. The minimum atomic E-state index is 0.222. The zero-order valence-corrected chi connectivity index (χ0v) is 11.7. The number of halogens is 1. The molecule has 0 radical (unpaired) electrons. The van der Waals surface area contributed by atoms with E-state index in [9.17, 15) is 0 Å². The second-order valence-electron chi connectivity index (χ2n) is 3.88. The topological polar surface area (TPSA) is 62.1 Å². The van der Waals surface area contributed by atoms with E-state index < -0.39 is 0 Å². The molecule has 0 fully saturated rings. The molecule has 0 N–H and O–H groups in total. The number of aromatic nitrogens is 4. The van der Waals surface area contributed by atoms with E-state index in [4.69, 9.17) is 21.1 Å². The number of hydrogen-bond acceptors (Lipinski definition) is 6. The molecule has 0 saturated heterocycles. The van der Waals surface area contributed by atoms with Crippen LogP contribution < -0.4 is 9.47 Å². The van der Waals surface area contributed by atoms with Gasteiger partial charge in [0.15, 0.2) is 11.5 Å². The van der Waals surface area contributed by atoms with Crippen molar-refractivity contribution in [2.24, 2.45) is 0 Å². The van der Waals surface area contributed by atoms with E-state index in [2.05, 4.69) is 15.5 Å². The standard InChI is InChI=1S/C11H11ClN4O2S/c1-2-16-11(13-14-15-16)19-5-7-3-8(12)10-9(4-7)17-6-18-10/h3-4H,2,5-6H2,1H3. The SMILES string of the molecule is CCn1nnnc1SCc1cc(Cl)c2c(c1)OCO2. The molecule has 0 amide bonds. The van der Waals surface area contributed by atoms with Crippen LogP contribution >= 0.6 is 23.4 Å². The number of benzene rings is 1. The average molecular weight is 299 g/mol. The Morgan fingerprint density at radius 3 is 3.16 bits per heavy atom. The fraction of sp³-hybridized carbons (Fsp3) is 0.364. The lowest BCUT2D eigenvalue weighted by atomic mass is 10.2. The van der Waals surface area contributed by atoms with Crippen molar-refractivity contribution >= 4 is 23.4 Å². The minimum Gasteiger partial charge on any atom is -0.454 e. The maximum atomic E-state index is 6.13. The lowest BCUT2D eigenvalue weighted by molar-refractivity contribution is 0.174. The molecule has 8 heteroatoms. The molecule has 0 bridgehead atoms. The van der Waals surface area contributed by atoms with Crippen molar-refractivity contribution in [2.75, 3.05) is 6.79 Å². The molecule has 6 nitrogen and oxygen atoms in total. The Kier molecular flexibility index (Phi) is 3.48. The number of fused-ring (bicyclic) bond motifs is 1. The summed E-state index contributed by atoms with van der Waals surface area (Å²) in [7, 11) is 0. The summed E-state index contributed by atoms with van der Waals surface area (Å²) in [5, 5.41) is 12.9. The predicted molar refractivity (Wildman–Crippen MR) is 70.6 cm³/mol. The summed E-state index contributed by atoms with van der Waals surface area (Å²) in [6, 6.07) is 3.81. The predicted octanol–water partition coefficient (Wildman–Crippen LogP) is 2.37. The number of thioether (sulfide) groups is 1. The summed E-state index contributed by atoms with van der Waals surface area (Å²) in [5.41, 5.74) is 1.05. The van der Waals surface area contributed by atoms with Crippen molar-refractivity contribution in [1.29, 1.82) is 0 Å². The monoisotopic (exact) mass is 298 g/mol. The summed E-state index contributed by atoms with van der Waals surface area (Å²) in [6.45, 7) is 2.97. The largest absolute Gasteiger partial charge is 0.454 e. The molecule has 1 aromatic carbocycles. The fourth-order valence-corrected chi connectivity index (χ4v) is 2.91. The molecule has 0 atom stereocenters. The van der Waals surface area contributed by atoms with Crippen LogP contribution in [0.25, 0.3) is 0 Å². The lowest BCUT2D eigenvalue weighted by Crippen LogP contribution is -1.98. The third kappa shape index (κ3) is 2.48. The maximum absolute atomic E-state index is 6.13. The van der Waals surface area contributed by atoms with Gasteiger partial charge < -0.3 is 9.47 Å². The molecule has 0 aliphatic carbocycles. The van der Waals surface area contributed by atoms with Gasteiger partial charge in [-0.1, -0.05) is 23.4 Å². The van der Waals surface area contributed by atoms with E-state index in [-0.39, 0.29) is 6.79 Å². The Bertz CT molecular complexity index is 604. The van der Waals surface area contributed by atoms with Crippen LogP contribution in [0.4, 0.5) is 0 Å². The van der Waals surface area contributed by atoms with E-state index in [0.29, 0.717) is 16.5 Å². The van der Waals surface area contributed by atoms with Gasteiger partial charge >= 0.3 is 0 Å². The highest BCUT2D eigenvalue weighted by Crippen LogP contribution is 2.40. The molecular formula is C11H11ClN4O2S. The second kappa shape index (κ2) is 5.26. The Balaban J connectivity index is 1.76. The lowest BCUT2D eigenvalue weighted by Gasteiger charge is -2.05. The minimum absolute atomic E-state index is 0.222. The van der Waals surface area contributed by atoms with Crippen molar-refractivity contribution < 1.29 is 9.47 Å². The maximum Gasteiger partial charge on any atom is 0.231 e. The summed E-state index contributed by atoms with van der Waals surface area (Å²) in [4.78, 5) is 0. The Morgan fingerprint density at radius 1 is 1.42 bits per heavy atom. The number of hydrogen-bond donors (Lipinski definition) is 0. The average Bonchev–Trinajstić information content (AvgIpc) is 3.04. The molecule has 2 aromatic rings. The van der Waals surface area contributed by atoms with E-state index in [1.165, 1.54) is 0 Å². The first-order chi connectivity index (χ1) is 9.28. The van der Waals surface area contributed by atoms with Crippen molar-refractivity contribution in [3.8, 4) is 11.5 Å². The highest BCUT2D eigenvalue weighted by molar-refractivity contribution is 7.98. The molecular weight excluding hydrogens is 288 g/mol. The number of ether oxygens (including phenoxy) is 2. The van der Waals surface area contributed by atoms with Gasteiger partial charge in [0.25, 0.3) is 0 Å². The molecule has 0 spiro atoms. The Morgan fingerprint density at radius 2 is 2.32 bits per heavy atom. The third-order valence-electron chi connectivity index (χ3n) is 2.65. The van der Waals surface area contributed by atoms with Crippen molar-refractivity contribution in [1.82, 2.24) is 20.2 Å². The van der Waals surface area contributed by atoms with Crippen LogP contribution in [0.1, 0.15) is 12.5 Å². The van der Waals surface area contributed by atoms with E-state index in [1.54, 1.807) is 16.4 Å². The molecule has 19 heavy (non-hydrogen) atoms.